The Labute approximate surface area is 201 Å². The lowest BCUT2D eigenvalue weighted by Gasteiger charge is -2.24. The van der Waals surface area contributed by atoms with Gasteiger partial charge in [-0.05, 0) is 35.7 Å². The Bertz CT molecular complexity index is 1030. The average molecular weight is 477 g/mol. The largest absolute Gasteiger partial charge is 0.384 e. The van der Waals surface area contributed by atoms with Gasteiger partial charge in [-0.25, -0.2) is 4.98 Å². The number of benzene rings is 2. The van der Waals surface area contributed by atoms with Crippen LogP contribution in [0.1, 0.15) is 36.6 Å². The second-order valence-electron chi connectivity index (χ2n) is 7.68. The summed E-state index contributed by atoms with van der Waals surface area (Å²) in [5, 5.41) is 10.7. The van der Waals surface area contributed by atoms with E-state index in [9.17, 15) is 4.79 Å². The van der Waals surface area contributed by atoms with Gasteiger partial charge in [0.15, 0.2) is 0 Å². The fourth-order valence-corrected chi connectivity index (χ4v) is 3.18. The van der Waals surface area contributed by atoms with E-state index in [2.05, 4.69) is 24.1 Å². The molecule has 0 atom stereocenters. The molecule has 0 fully saturated rings. The number of anilines is 2. The van der Waals surface area contributed by atoms with E-state index in [1.54, 1.807) is 12.4 Å². The van der Waals surface area contributed by atoms with Crippen LogP contribution < -0.4 is 16.0 Å². The minimum Gasteiger partial charge on any atom is -0.384 e. The first-order valence-corrected chi connectivity index (χ1v) is 9.88. The molecule has 2 aromatic carbocycles. The topological polar surface area (TPSA) is 100 Å². The number of hydrogen-bond donors (Lipinski definition) is 3. The van der Waals surface area contributed by atoms with Gasteiger partial charge in [0.2, 0.25) is 5.91 Å². The lowest BCUT2D eigenvalue weighted by molar-refractivity contribution is -0.115. The van der Waals surface area contributed by atoms with E-state index in [-0.39, 0.29) is 43.1 Å². The van der Waals surface area contributed by atoms with Gasteiger partial charge in [-0.2, -0.15) is 0 Å². The van der Waals surface area contributed by atoms with Crippen LogP contribution in [0.25, 0.3) is 0 Å². The molecule has 7 nitrogen and oxygen atoms in total. The summed E-state index contributed by atoms with van der Waals surface area (Å²) in [5.74, 6) is 0.304. The molecule has 0 radical (unpaired) electrons. The van der Waals surface area contributed by atoms with E-state index in [0.29, 0.717) is 18.0 Å². The molecule has 172 valence electrons. The third-order valence-electron chi connectivity index (χ3n) is 4.83. The molecular formula is C23H30Cl2N6O. The molecule has 0 aliphatic rings. The second kappa shape index (κ2) is 12.1. The highest BCUT2D eigenvalue weighted by Crippen LogP contribution is 2.20. The summed E-state index contributed by atoms with van der Waals surface area (Å²) in [4.78, 5) is 19.1. The maximum Gasteiger partial charge on any atom is 0.243 e. The van der Waals surface area contributed by atoms with Crippen molar-refractivity contribution in [1.82, 2.24) is 9.55 Å². The molecule has 1 heterocycles. The number of rotatable bonds is 8. The lowest BCUT2D eigenvalue weighted by Crippen LogP contribution is -2.33. The number of carbonyl (C=O) groups is 1. The molecule has 0 unspecified atom stereocenters. The van der Waals surface area contributed by atoms with Crippen LogP contribution in [0.2, 0.25) is 0 Å². The molecule has 0 aliphatic carbocycles. The fourth-order valence-electron chi connectivity index (χ4n) is 3.18. The van der Waals surface area contributed by atoms with Crippen LogP contribution in [-0.4, -0.2) is 27.8 Å². The SMILES string of the molecule is CC(C)c1ccc(NC(=O)CN(Cc2cn(C)cn2)c2cccc(C(=N)N)c2)cc1.Cl.Cl. The Morgan fingerprint density at radius 1 is 1.19 bits per heavy atom. The minimum atomic E-state index is -0.128. The van der Waals surface area contributed by atoms with Crippen molar-refractivity contribution in [2.24, 2.45) is 12.8 Å². The standard InChI is InChI=1S/C23H28N6O.2ClH/c1-16(2)17-7-9-19(10-8-17)27-22(30)14-29(13-20-12-28(3)15-26-20)21-6-4-5-18(11-21)23(24)25;;/h4-12,15-16H,13-14H2,1-3H3,(H3,24,25)(H,27,30);2*1H. The first-order chi connectivity index (χ1) is 14.3. The van der Waals surface area contributed by atoms with Crippen molar-refractivity contribution in [3.8, 4) is 0 Å². The number of carbonyl (C=O) groups excluding carboxylic acids is 1. The molecule has 0 saturated carbocycles. The average Bonchev–Trinajstić information content (AvgIpc) is 3.12. The van der Waals surface area contributed by atoms with E-state index >= 15 is 0 Å². The highest BCUT2D eigenvalue weighted by molar-refractivity contribution is 5.97. The number of aromatic nitrogens is 2. The van der Waals surface area contributed by atoms with Gasteiger partial charge in [-0.3, -0.25) is 10.2 Å². The van der Waals surface area contributed by atoms with Gasteiger partial charge in [-0.15, -0.1) is 24.8 Å². The molecule has 1 amide bonds. The van der Waals surface area contributed by atoms with Gasteiger partial charge in [0.05, 0.1) is 25.1 Å². The molecule has 32 heavy (non-hydrogen) atoms. The smallest absolute Gasteiger partial charge is 0.243 e. The number of imidazole rings is 1. The first kappa shape index (κ1) is 27.0. The maximum atomic E-state index is 12.8. The number of nitrogen functional groups attached to an aromatic ring is 1. The van der Waals surface area contributed by atoms with Crippen molar-refractivity contribution in [2.45, 2.75) is 26.3 Å². The number of nitrogens with zero attached hydrogens (tertiary/aromatic N) is 3. The monoisotopic (exact) mass is 476 g/mol. The van der Waals surface area contributed by atoms with Crippen molar-refractivity contribution in [3.63, 3.8) is 0 Å². The van der Waals surface area contributed by atoms with Gasteiger partial charge in [-0.1, -0.05) is 38.1 Å². The Balaban J connectivity index is 0.00000256. The summed E-state index contributed by atoms with van der Waals surface area (Å²) >= 11 is 0. The summed E-state index contributed by atoms with van der Waals surface area (Å²) < 4.78 is 1.87. The predicted molar refractivity (Wildman–Crippen MR) is 135 cm³/mol. The van der Waals surface area contributed by atoms with Crippen LogP contribution in [0.4, 0.5) is 11.4 Å². The highest BCUT2D eigenvalue weighted by atomic mass is 35.5. The van der Waals surface area contributed by atoms with Gasteiger partial charge in [0.25, 0.3) is 0 Å². The predicted octanol–water partition coefficient (Wildman–Crippen LogP) is 4.32. The second-order valence-corrected chi connectivity index (χ2v) is 7.68. The molecule has 4 N–H and O–H groups in total. The van der Waals surface area contributed by atoms with E-state index in [0.717, 1.165) is 17.1 Å². The summed E-state index contributed by atoms with van der Waals surface area (Å²) in [6.07, 6.45) is 3.65. The van der Waals surface area contributed by atoms with Crippen LogP contribution in [0.3, 0.4) is 0 Å². The molecule has 3 rings (SSSR count). The summed E-state index contributed by atoms with van der Waals surface area (Å²) in [5.41, 5.74) is 9.90. The third kappa shape index (κ3) is 7.28. The number of nitrogens with two attached hydrogens (primary N) is 1. The summed E-state index contributed by atoms with van der Waals surface area (Å²) in [6, 6.07) is 15.2. The van der Waals surface area contributed by atoms with Gasteiger partial charge in [0, 0.05) is 30.2 Å². The first-order valence-electron chi connectivity index (χ1n) is 9.88. The van der Waals surface area contributed by atoms with Crippen LogP contribution in [0.15, 0.2) is 61.1 Å². The lowest BCUT2D eigenvalue weighted by atomic mass is 10.0. The van der Waals surface area contributed by atoms with Crippen LogP contribution >= 0.6 is 24.8 Å². The zero-order valence-electron chi connectivity index (χ0n) is 18.4. The number of hydrogen-bond acceptors (Lipinski definition) is 4. The number of nitrogens with one attached hydrogen (secondary N) is 2. The summed E-state index contributed by atoms with van der Waals surface area (Å²) in [6.45, 7) is 4.88. The van der Waals surface area contributed by atoms with Crippen LogP contribution in [0.5, 0.6) is 0 Å². The van der Waals surface area contributed by atoms with Gasteiger partial charge < -0.3 is 20.5 Å². The Morgan fingerprint density at radius 3 is 2.44 bits per heavy atom. The van der Waals surface area contributed by atoms with Crippen LogP contribution in [-0.2, 0) is 18.4 Å². The Morgan fingerprint density at radius 2 is 1.88 bits per heavy atom. The maximum absolute atomic E-state index is 12.8. The normalized spacial score (nSPS) is 10.1. The molecule has 0 bridgehead atoms. The van der Waals surface area contributed by atoms with Crippen molar-refractivity contribution < 1.29 is 4.79 Å². The van der Waals surface area contributed by atoms with Gasteiger partial charge in [0.1, 0.15) is 5.84 Å². The zero-order valence-corrected chi connectivity index (χ0v) is 20.0. The molecule has 0 saturated heterocycles. The van der Waals surface area contributed by atoms with E-state index in [1.807, 2.05) is 65.2 Å². The van der Waals surface area contributed by atoms with Crippen molar-refractivity contribution in [3.05, 3.63) is 77.9 Å². The molecule has 1 aromatic heterocycles. The number of halogens is 2. The van der Waals surface area contributed by atoms with Crippen molar-refractivity contribution in [2.75, 3.05) is 16.8 Å². The van der Waals surface area contributed by atoms with Crippen molar-refractivity contribution >= 4 is 47.9 Å². The third-order valence-corrected chi connectivity index (χ3v) is 4.83. The number of amidine groups is 1. The molecule has 9 heteroatoms. The summed E-state index contributed by atoms with van der Waals surface area (Å²) in [7, 11) is 1.91. The highest BCUT2D eigenvalue weighted by Gasteiger charge is 2.15. The number of amides is 1. The molecule has 0 aliphatic heterocycles. The van der Waals surface area contributed by atoms with E-state index in [1.165, 1.54) is 5.56 Å². The Hall–Kier alpha value is -3.03. The molecule has 3 aromatic rings. The van der Waals surface area contributed by atoms with E-state index < -0.39 is 0 Å². The minimum absolute atomic E-state index is 0. The van der Waals surface area contributed by atoms with Crippen LogP contribution in [0, 0.1) is 5.41 Å². The molecule has 0 spiro atoms. The van der Waals surface area contributed by atoms with Crippen molar-refractivity contribution in [1.29, 1.82) is 5.41 Å². The quantitative estimate of drug-likeness (QED) is 0.332. The van der Waals surface area contributed by atoms with E-state index in [4.69, 9.17) is 11.1 Å². The number of aryl methyl sites for hydroxylation is 1. The zero-order chi connectivity index (χ0) is 21.7. The fraction of sp³-hybridized carbons (Fsp3) is 0.261. The van der Waals surface area contributed by atoms with Gasteiger partial charge >= 0.3 is 0 Å². The molecular weight excluding hydrogens is 447 g/mol. The Kier molecular flexibility index (Phi) is 10.2.